The van der Waals surface area contributed by atoms with E-state index in [4.69, 9.17) is 25.9 Å². The van der Waals surface area contributed by atoms with Crippen molar-refractivity contribution in [1.82, 2.24) is 19.5 Å². The number of nitrogens with one attached hydrogen (secondary N) is 2. The molecule has 0 atom stereocenters. The molecular formula is C27H29ClN6O4. The number of rotatable bonds is 9. The zero-order valence-electron chi connectivity index (χ0n) is 21.6. The second kappa shape index (κ2) is 13.2. The van der Waals surface area contributed by atoms with Crippen molar-refractivity contribution >= 4 is 40.7 Å². The van der Waals surface area contributed by atoms with Gasteiger partial charge in [-0.2, -0.15) is 4.98 Å². The third-order valence-electron chi connectivity index (χ3n) is 5.61. The molecule has 0 unspecified atom stereocenters. The zero-order valence-corrected chi connectivity index (χ0v) is 22.4. The quantitative estimate of drug-likeness (QED) is 0.239. The number of hydrogen-bond acceptors (Lipinski definition) is 9. The molecule has 0 spiro atoms. The molecule has 198 valence electrons. The number of aryl methyl sites for hydroxylation is 2. The number of aldehydes is 1. The molecule has 0 aliphatic heterocycles. The smallest absolute Gasteiger partial charge is 0.260 e. The Morgan fingerprint density at radius 1 is 1.08 bits per heavy atom. The van der Waals surface area contributed by atoms with E-state index in [2.05, 4.69) is 32.2 Å². The largest absolute Gasteiger partial charge is 0.497 e. The van der Waals surface area contributed by atoms with E-state index in [0.717, 1.165) is 11.4 Å². The number of fused-ring (bicyclic) bond motifs is 1. The number of anilines is 2. The van der Waals surface area contributed by atoms with E-state index in [9.17, 15) is 4.79 Å². The minimum atomic E-state index is -0.228. The second-order valence-electron chi connectivity index (χ2n) is 7.85. The predicted octanol–water partition coefficient (Wildman–Crippen LogP) is 4.22. The number of halogens is 1. The van der Waals surface area contributed by atoms with E-state index in [-0.39, 0.29) is 5.56 Å². The topological polar surface area (TPSA) is 120 Å². The Hall–Kier alpha value is -4.44. The fraction of sp³-hybridized carbons (Fsp3) is 0.222. The van der Waals surface area contributed by atoms with Gasteiger partial charge in [-0.1, -0.05) is 18.2 Å². The highest BCUT2D eigenvalue weighted by molar-refractivity contribution is 6.35. The van der Waals surface area contributed by atoms with Crippen molar-refractivity contribution in [3.63, 3.8) is 0 Å². The van der Waals surface area contributed by atoms with Crippen molar-refractivity contribution in [3.05, 3.63) is 76.3 Å². The van der Waals surface area contributed by atoms with Gasteiger partial charge in [-0.25, -0.2) is 9.97 Å². The van der Waals surface area contributed by atoms with Crippen LogP contribution in [0.25, 0.3) is 22.2 Å². The Kier molecular flexibility index (Phi) is 9.78. The molecule has 0 radical (unpaired) electrons. The summed E-state index contributed by atoms with van der Waals surface area (Å²) in [7, 11) is 6.61. The lowest BCUT2D eigenvalue weighted by molar-refractivity contribution is -0.104. The molecule has 38 heavy (non-hydrogen) atoms. The van der Waals surface area contributed by atoms with Crippen LogP contribution in [-0.4, -0.2) is 54.1 Å². The highest BCUT2D eigenvalue weighted by Gasteiger charge is 2.19. The normalized spacial score (nSPS) is 10.2. The van der Waals surface area contributed by atoms with Crippen LogP contribution in [0.15, 0.2) is 60.2 Å². The molecule has 0 saturated heterocycles. The molecule has 0 fully saturated rings. The van der Waals surface area contributed by atoms with Gasteiger partial charge in [0.1, 0.15) is 29.3 Å². The van der Waals surface area contributed by atoms with Crippen LogP contribution >= 0.6 is 11.6 Å². The summed E-state index contributed by atoms with van der Waals surface area (Å²) in [5.74, 6) is 2.13. The summed E-state index contributed by atoms with van der Waals surface area (Å²) < 4.78 is 12.4. The Bertz CT molecular complexity index is 1500. The highest BCUT2D eigenvalue weighted by Crippen LogP contribution is 2.38. The molecule has 0 aliphatic carbocycles. The third-order valence-corrected chi connectivity index (χ3v) is 6.00. The van der Waals surface area contributed by atoms with Crippen LogP contribution in [0.3, 0.4) is 0 Å². The van der Waals surface area contributed by atoms with Crippen LogP contribution in [0.4, 0.5) is 11.8 Å². The Morgan fingerprint density at radius 2 is 1.84 bits per heavy atom. The number of ether oxygens (including phenoxy) is 2. The molecule has 4 rings (SSSR count). The molecule has 0 saturated carbocycles. The third kappa shape index (κ3) is 6.27. The number of allylic oxidation sites excluding steroid dienone is 1. The molecule has 4 aromatic rings. The lowest BCUT2D eigenvalue weighted by Crippen LogP contribution is -2.24. The van der Waals surface area contributed by atoms with Gasteiger partial charge in [0.15, 0.2) is 0 Å². The number of pyridine rings is 2. The summed E-state index contributed by atoms with van der Waals surface area (Å²) in [6.45, 7) is 3.51. The van der Waals surface area contributed by atoms with Gasteiger partial charge in [0.25, 0.3) is 5.56 Å². The van der Waals surface area contributed by atoms with Gasteiger partial charge in [0, 0.05) is 55.6 Å². The van der Waals surface area contributed by atoms with Gasteiger partial charge >= 0.3 is 0 Å². The van der Waals surface area contributed by atoms with Crippen molar-refractivity contribution < 1.29 is 14.3 Å². The average molecular weight is 537 g/mol. The van der Waals surface area contributed by atoms with E-state index in [1.54, 1.807) is 49.3 Å². The number of hydrogen-bond donors (Lipinski definition) is 2. The number of methoxy groups -OCH3 is 2. The minimum absolute atomic E-state index is 0.228. The van der Waals surface area contributed by atoms with Crippen LogP contribution in [0.5, 0.6) is 11.5 Å². The van der Waals surface area contributed by atoms with E-state index < -0.39 is 0 Å². The molecular weight excluding hydrogens is 508 g/mol. The van der Waals surface area contributed by atoms with Gasteiger partial charge < -0.3 is 20.1 Å². The number of aromatic nitrogens is 4. The minimum Gasteiger partial charge on any atom is -0.497 e. The summed E-state index contributed by atoms with van der Waals surface area (Å²) in [6, 6.07) is 9.03. The first-order valence-electron chi connectivity index (χ1n) is 11.6. The standard InChI is InChI=1S/C24H25ClN6O3.C3H4O/c1-26-20-9-14(5-7-28-20)6-8-31-22-15(13-29-24(27-2)30-22)10-18(23(31)32)17-11-16(33-3)12-19(34-4)21(17)25;1-2-3-4/h5,7,9-13H,6,8H2,1-4H3,(H,26,28)(H,27,29,30);2-3H,1H2. The molecule has 2 N–H and O–H groups in total. The fourth-order valence-electron chi connectivity index (χ4n) is 3.72. The van der Waals surface area contributed by atoms with Crippen LogP contribution in [0, 0.1) is 0 Å². The van der Waals surface area contributed by atoms with Gasteiger partial charge in [-0.05, 0) is 42.3 Å². The second-order valence-corrected chi connectivity index (χ2v) is 8.23. The summed E-state index contributed by atoms with van der Waals surface area (Å²) in [5, 5.41) is 7.00. The molecule has 11 heteroatoms. The van der Waals surface area contributed by atoms with E-state index in [0.29, 0.717) is 63.9 Å². The molecule has 0 bridgehead atoms. The number of nitrogens with zero attached hydrogens (tertiary/aromatic N) is 4. The maximum atomic E-state index is 13.8. The highest BCUT2D eigenvalue weighted by atomic mass is 35.5. The van der Waals surface area contributed by atoms with Gasteiger partial charge in [0.2, 0.25) is 5.95 Å². The fourth-order valence-corrected chi connectivity index (χ4v) is 4.01. The van der Waals surface area contributed by atoms with E-state index >= 15 is 0 Å². The van der Waals surface area contributed by atoms with Crippen LogP contribution in [0.1, 0.15) is 5.56 Å². The van der Waals surface area contributed by atoms with Crippen LogP contribution in [0.2, 0.25) is 5.02 Å². The lowest BCUT2D eigenvalue weighted by atomic mass is 10.0. The Morgan fingerprint density at radius 3 is 2.47 bits per heavy atom. The SMILES string of the molecule is C=CC=O.CNc1cc(CCn2c(=O)c(-c3cc(OC)cc(OC)c3Cl)cc3cnc(NC)nc32)ccn1. The van der Waals surface area contributed by atoms with Gasteiger partial charge in [-0.3, -0.25) is 14.2 Å². The summed E-state index contributed by atoms with van der Waals surface area (Å²) in [5.41, 5.74) is 2.25. The number of benzene rings is 1. The number of carbonyl (C=O) groups excluding carboxylic acids is 1. The molecule has 3 aromatic heterocycles. The monoisotopic (exact) mass is 536 g/mol. The van der Waals surface area contributed by atoms with Crippen molar-refractivity contribution in [3.8, 4) is 22.6 Å². The summed E-state index contributed by atoms with van der Waals surface area (Å²) in [6.07, 6.45) is 5.86. The van der Waals surface area contributed by atoms with Crippen molar-refractivity contribution in [1.29, 1.82) is 0 Å². The Balaban J connectivity index is 0.000000934. The maximum absolute atomic E-state index is 13.8. The molecule has 1 aromatic carbocycles. The molecule has 10 nitrogen and oxygen atoms in total. The first-order chi connectivity index (χ1) is 18.4. The van der Waals surface area contributed by atoms with Crippen molar-refractivity contribution in [2.45, 2.75) is 13.0 Å². The van der Waals surface area contributed by atoms with Crippen LogP contribution in [-0.2, 0) is 17.8 Å². The van der Waals surface area contributed by atoms with E-state index in [1.807, 2.05) is 19.2 Å². The Labute approximate surface area is 225 Å². The van der Waals surface area contributed by atoms with Crippen LogP contribution < -0.4 is 25.7 Å². The first-order valence-corrected chi connectivity index (χ1v) is 12.0. The van der Waals surface area contributed by atoms with Gasteiger partial charge in [0.05, 0.1) is 19.2 Å². The predicted molar refractivity (Wildman–Crippen MR) is 151 cm³/mol. The molecule has 3 heterocycles. The number of carbonyl (C=O) groups is 1. The summed E-state index contributed by atoms with van der Waals surface area (Å²) in [4.78, 5) is 36.0. The van der Waals surface area contributed by atoms with Gasteiger partial charge in [-0.15, -0.1) is 0 Å². The van der Waals surface area contributed by atoms with Crippen molar-refractivity contribution in [2.75, 3.05) is 38.9 Å². The molecule has 0 aliphatic rings. The average Bonchev–Trinajstić information content (AvgIpc) is 2.96. The zero-order chi connectivity index (χ0) is 27.7. The summed E-state index contributed by atoms with van der Waals surface area (Å²) >= 11 is 6.62. The maximum Gasteiger partial charge on any atom is 0.260 e. The van der Waals surface area contributed by atoms with E-state index in [1.165, 1.54) is 13.2 Å². The van der Waals surface area contributed by atoms with Crippen molar-refractivity contribution in [2.24, 2.45) is 0 Å². The lowest BCUT2D eigenvalue weighted by Gasteiger charge is -2.16. The first kappa shape index (κ1) is 28.1. The molecule has 0 amide bonds.